The van der Waals surface area contributed by atoms with Crippen molar-refractivity contribution in [2.75, 3.05) is 12.0 Å². The van der Waals surface area contributed by atoms with Crippen molar-refractivity contribution in [1.29, 1.82) is 0 Å². The van der Waals surface area contributed by atoms with E-state index in [0.29, 0.717) is 17.8 Å². The number of carbonyl (C=O) groups is 2. The summed E-state index contributed by atoms with van der Waals surface area (Å²) in [5.74, 6) is 1.90. The van der Waals surface area contributed by atoms with Crippen molar-refractivity contribution in [1.82, 2.24) is 25.8 Å². The molecule has 28 heavy (non-hydrogen) atoms. The Morgan fingerprint density at radius 2 is 1.89 bits per heavy atom. The predicted octanol–water partition coefficient (Wildman–Crippen LogP) is 3.05. The van der Waals surface area contributed by atoms with Crippen LogP contribution in [0.1, 0.15) is 67.6 Å². The lowest BCUT2D eigenvalue weighted by atomic mass is 10.1. The van der Waals surface area contributed by atoms with Crippen molar-refractivity contribution in [2.45, 2.75) is 51.6 Å². The van der Waals surface area contributed by atoms with Gasteiger partial charge in [0.15, 0.2) is 5.82 Å². The number of carbonyl (C=O) groups excluding carboxylic acids is 2. The second kappa shape index (κ2) is 10.8. The van der Waals surface area contributed by atoms with Gasteiger partial charge < -0.3 is 10.6 Å². The summed E-state index contributed by atoms with van der Waals surface area (Å²) >= 11 is 1.63. The van der Waals surface area contributed by atoms with Gasteiger partial charge in [0.05, 0.1) is 6.04 Å². The van der Waals surface area contributed by atoms with Crippen LogP contribution in [0.4, 0.5) is 0 Å². The molecule has 0 fully saturated rings. The zero-order valence-electron chi connectivity index (χ0n) is 16.9. The molecule has 152 valence electrons. The predicted molar refractivity (Wildman–Crippen MR) is 112 cm³/mol. The number of hydrogen-bond donors (Lipinski definition) is 3. The minimum atomic E-state index is -0.612. The van der Waals surface area contributed by atoms with Gasteiger partial charge in [-0.2, -0.15) is 16.9 Å². The fourth-order valence-corrected chi connectivity index (χ4v) is 3.07. The van der Waals surface area contributed by atoms with Crippen LogP contribution in [0, 0.1) is 0 Å². The number of benzene rings is 1. The van der Waals surface area contributed by atoms with Crippen LogP contribution in [0.5, 0.6) is 0 Å². The van der Waals surface area contributed by atoms with Crippen LogP contribution in [-0.4, -0.2) is 45.0 Å². The molecule has 0 saturated carbocycles. The molecule has 1 aromatic heterocycles. The molecule has 0 unspecified atom stereocenters. The topological polar surface area (TPSA) is 99.8 Å². The maximum atomic E-state index is 12.8. The lowest BCUT2D eigenvalue weighted by Gasteiger charge is -2.20. The van der Waals surface area contributed by atoms with Crippen LogP contribution in [0.3, 0.4) is 0 Å². The summed E-state index contributed by atoms with van der Waals surface area (Å²) in [6.07, 6.45) is 3.47. The van der Waals surface area contributed by atoms with Crippen molar-refractivity contribution < 1.29 is 9.59 Å². The lowest BCUT2D eigenvalue weighted by molar-refractivity contribution is -0.123. The zero-order chi connectivity index (χ0) is 20.5. The van der Waals surface area contributed by atoms with Crippen molar-refractivity contribution in [3.05, 3.63) is 47.5 Å². The fourth-order valence-electron chi connectivity index (χ4n) is 2.60. The number of amides is 2. The third-order valence-corrected chi connectivity index (χ3v) is 5.25. The highest BCUT2D eigenvalue weighted by molar-refractivity contribution is 7.98. The molecule has 0 aliphatic rings. The highest BCUT2D eigenvalue weighted by Gasteiger charge is 2.24. The van der Waals surface area contributed by atoms with Crippen LogP contribution in [-0.2, 0) is 4.79 Å². The van der Waals surface area contributed by atoms with E-state index >= 15 is 0 Å². The third kappa shape index (κ3) is 6.09. The van der Waals surface area contributed by atoms with Crippen LogP contribution in [0.15, 0.2) is 30.3 Å². The highest BCUT2D eigenvalue weighted by Crippen LogP contribution is 2.16. The smallest absolute Gasteiger partial charge is 0.251 e. The van der Waals surface area contributed by atoms with Gasteiger partial charge in [0.1, 0.15) is 11.9 Å². The summed E-state index contributed by atoms with van der Waals surface area (Å²) in [6, 6.07) is 7.96. The van der Waals surface area contributed by atoms with E-state index in [1.807, 2.05) is 19.2 Å². The molecule has 1 heterocycles. The Balaban J connectivity index is 2.03. The molecule has 2 aromatic rings. The van der Waals surface area contributed by atoms with E-state index in [0.717, 1.165) is 18.0 Å². The van der Waals surface area contributed by atoms with Crippen molar-refractivity contribution >= 4 is 23.6 Å². The first-order chi connectivity index (χ1) is 13.5. The Labute approximate surface area is 170 Å². The van der Waals surface area contributed by atoms with E-state index in [4.69, 9.17) is 0 Å². The van der Waals surface area contributed by atoms with Gasteiger partial charge in [0.25, 0.3) is 5.91 Å². The average molecular weight is 404 g/mol. The summed E-state index contributed by atoms with van der Waals surface area (Å²) in [5.41, 5.74) is 0.533. The standard InChI is InChI=1S/C20H29N5O2S/c1-5-13(2)17-23-18(25-24-17)14(3)21-20(27)16(11-12-28-4)22-19(26)15-9-7-6-8-10-15/h6-10,13-14,16H,5,11-12H2,1-4H3,(H,21,27)(H,22,26)(H,23,24,25)/t13-,14+,16-/m0/s1. The van der Waals surface area contributed by atoms with Crippen LogP contribution < -0.4 is 10.6 Å². The van der Waals surface area contributed by atoms with Gasteiger partial charge in [0.2, 0.25) is 5.91 Å². The number of aromatic nitrogens is 3. The molecule has 2 rings (SSSR count). The molecule has 0 radical (unpaired) electrons. The Morgan fingerprint density at radius 3 is 2.54 bits per heavy atom. The molecule has 2 amide bonds. The normalized spacial score (nSPS) is 14.1. The van der Waals surface area contributed by atoms with Crippen LogP contribution in [0.2, 0.25) is 0 Å². The average Bonchev–Trinajstić information content (AvgIpc) is 3.21. The van der Waals surface area contributed by atoms with Gasteiger partial charge in [-0.15, -0.1) is 0 Å². The molecule has 0 aliphatic heterocycles. The number of aromatic amines is 1. The zero-order valence-corrected chi connectivity index (χ0v) is 17.7. The Bertz CT molecular complexity index is 765. The van der Waals surface area contributed by atoms with Gasteiger partial charge in [0, 0.05) is 11.5 Å². The lowest BCUT2D eigenvalue weighted by Crippen LogP contribution is -2.47. The van der Waals surface area contributed by atoms with Gasteiger partial charge in [-0.05, 0) is 43.9 Å². The minimum Gasteiger partial charge on any atom is -0.345 e. The van der Waals surface area contributed by atoms with Crippen molar-refractivity contribution in [2.24, 2.45) is 0 Å². The first-order valence-corrected chi connectivity index (χ1v) is 10.9. The van der Waals surface area contributed by atoms with E-state index < -0.39 is 6.04 Å². The monoisotopic (exact) mass is 403 g/mol. The summed E-state index contributed by atoms with van der Waals surface area (Å²) in [5, 5.41) is 12.9. The molecule has 0 aliphatic carbocycles. The summed E-state index contributed by atoms with van der Waals surface area (Å²) in [7, 11) is 0. The quantitative estimate of drug-likeness (QED) is 0.566. The van der Waals surface area contributed by atoms with E-state index in [-0.39, 0.29) is 23.8 Å². The largest absolute Gasteiger partial charge is 0.345 e. The Kier molecular flexibility index (Phi) is 8.50. The molecule has 0 spiro atoms. The number of nitrogens with zero attached hydrogens (tertiary/aromatic N) is 2. The van der Waals surface area contributed by atoms with E-state index in [2.05, 4.69) is 39.7 Å². The molecular weight excluding hydrogens is 374 g/mol. The van der Waals surface area contributed by atoms with E-state index in [1.165, 1.54) is 0 Å². The number of thioether (sulfide) groups is 1. The molecule has 1 aromatic carbocycles. The minimum absolute atomic E-state index is 0.229. The first-order valence-electron chi connectivity index (χ1n) is 9.53. The maximum Gasteiger partial charge on any atom is 0.251 e. The van der Waals surface area contributed by atoms with Gasteiger partial charge in [-0.1, -0.05) is 32.0 Å². The molecule has 8 heteroatoms. The number of nitrogens with one attached hydrogen (secondary N) is 3. The van der Waals surface area contributed by atoms with Crippen molar-refractivity contribution in [3.63, 3.8) is 0 Å². The Morgan fingerprint density at radius 1 is 1.18 bits per heavy atom. The number of rotatable bonds is 10. The second-order valence-electron chi connectivity index (χ2n) is 6.79. The molecule has 3 atom stereocenters. The van der Waals surface area contributed by atoms with Crippen LogP contribution in [0.25, 0.3) is 0 Å². The number of hydrogen-bond acceptors (Lipinski definition) is 5. The van der Waals surface area contributed by atoms with E-state index in [1.54, 1.807) is 36.0 Å². The summed E-state index contributed by atoms with van der Waals surface area (Å²) < 4.78 is 0. The highest BCUT2D eigenvalue weighted by atomic mass is 32.2. The second-order valence-corrected chi connectivity index (χ2v) is 7.78. The van der Waals surface area contributed by atoms with Gasteiger partial charge >= 0.3 is 0 Å². The van der Waals surface area contributed by atoms with Gasteiger partial charge in [-0.25, -0.2) is 4.98 Å². The third-order valence-electron chi connectivity index (χ3n) is 4.61. The fraction of sp³-hybridized carbons (Fsp3) is 0.500. The van der Waals surface area contributed by atoms with Crippen molar-refractivity contribution in [3.8, 4) is 0 Å². The first kappa shape index (κ1) is 21.9. The molecule has 0 saturated heterocycles. The van der Waals surface area contributed by atoms with Gasteiger partial charge in [-0.3, -0.25) is 14.7 Å². The molecular formula is C20H29N5O2S. The maximum absolute atomic E-state index is 12.8. The van der Waals surface area contributed by atoms with E-state index in [9.17, 15) is 9.59 Å². The van der Waals surface area contributed by atoms with Crippen LogP contribution >= 0.6 is 11.8 Å². The molecule has 3 N–H and O–H groups in total. The Hall–Kier alpha value is -2.35. The number of H-pyrrole nitrogens is 1. The molecule has 7 nitrogen and oxygen atoms in total. The summed E-state index contributed by atoms with van der Waals surface area (Å²) in [6.45, 7) is 5.99. The SMILES string of the molecule is CC[C@H](C)c1n[nH]c([C@@H](C)NC(=O)[C@H](CCSC)NC(=O)c2ccccc2)n1. The molecule has 0 bridgehead atoms. The summed E-state index contributed by atoms with van der Waals surface area (Å²) in [4.78, 5) is 29.8.